The summed E-state index contributed by atoms with van der Waals surface area (Å²) in [6.45, 7) is 5.30. The summed E-state index contributed by atoms with van der Waals surface area (Å²) in [5.74, 6) is 1.81. The predicted octanol–water partition coefficient (Wildman–Crippen LogP) is 6.88. The van der Waals surface area contributed by atoms with Crippen LogP contribution < -0.4 is 9.64 Å². The van der Waals surface area contributed by atoms with Crippen LogP contribution in [-0.2, 0) is 15.6 Å². The minimum atomic E-state index is -1.01. The summed E-state index contributed by atoms with van der Waals surface area (Å²) in [5, 5.41) is 4.49. The zero-order chi connectivity index (χ0) is 29.5. The Morgan fingerprint density at radius 2 is 1.67 bits per heavy atom. The van der Waals surface area contributed by atoms with Crippen LogP contribution >= 0.6 is 0 Å². The van der Waals surface area contributed by atoms with Crippen LogP contribution in [0.4, 0.5) is 10.1 Å². The maximum atomic E-state index is 14.4. The van der Waals surface area contributed by atoms with Gasteiger partial charge in [0.2, 0.25) is 11.8 Å². The molecule has 0 spiro atoms. The SMILES string of the molecule is CCOc1ncc(-c2cccc(N(CC34CCC(c5noc(C6(C)CC6)n5)(CC3)CC4)C(=O)CC34CC(F)(C3)C4)c2)cn1. The van der Waals surface area contributed by atoms with E-state index in [0.29, 0.717) is 44.8 Å². The molecule has 10 rings (SSSR count). The fourth-order valence-electron chi connectivity index (χ4n) is 8.57. The van der Waals surface area contributed by atoms with Crippen molar-refractivity contribution >= 4 is 11.6 Å². The molecule has 0 atom stereocenters. The van der Waals surface area contributed by atoms with Crippen molar-refractivity contribution in [3.8, 4) is 17.1 Å². The summed E-state index contributed by atoms with van der Waals surface area (Å²) < 4.78 is 25.6. The molecule has 7 aliphatic carbocycles. The Kier molecular flexibility index (Phi) is 5.90. The predicted molar refractivity (Wildman–Crippen MR) is 158 cm³/mol. The van der Waals surface area contributed by atoms with Gasteiger partial charge in [-0.2, -0.15) is 4.98 Å². The second-order valence-corrected chi connectivity index (χ2v) is 14.8. The molecule has 9 heteroatoms. The van der Waals surface area contributed by atoms with E-state index in [0.717, 1.165) is 79.9 Å². The van der Waals surface area contributed by atoms with Gasteiger partial charge in [0.25, 0.3) is 0 Å². The maximum Gasteiger partial charge on any atom is 0.316 e. The Hall–Kier alpha value is -3.36. The molecule has 1 aromatic carbocycles. The van der Waals surface area contributed by atoms with E-state index in [1.54, 1.807) is 12.4 Å². The van der Waals surface area contributed by atoms with Crippen molar-refractivity contribution in [3.05, 3.63) is 48.4 Å². The average Bonchev–Trinajstić information content (AvgIpc) is 3.53. The first-order valence-electron chi connectivity index (χ1n) is 16.0. The van der Waals surface area contributed by atoms with E-state index in [9.17, 15) is 9.18 Å². The molecule has 43 heavy (non-hydrogen) atoms. The highest BCUT2D eigenvalue weighted by atomic mass is 19.1. The Balaban J connectivity index is 1.04. The first-order chi connectivity index (χ1) is 20.6. The van der Waals surface area contributed by atoms with Gasteiger partial charge in [-0.3, -0.25) is 4.79 Å². The Bertz CT molecular complexity index is 1520. The van der Waals surface area contributed by atoms with Crippen molar-refractivity contribution in [2.24, 2.45) is 10.8 Å². The lowest BCUT2D eigenvalue weighted by atomic mass is 9.41. The van der Waals surface area contributed by atoms with Crippen LogP contribution in [0.3, 0.4) is 0 Å². The minimum absolute atomic E-state index is 0.0154. The van der Waals surface area contributed by atoms with Crippen LogP contribution in [-0.4, -0.2) is 44.8 Å². The van der Waals surface area contributed by atoms with Gasteiger partial charge in [-0.15, -0.1) is 0 Å². The van der Waals surface area contributed by atoms with E-state index in [1.165, 1.54) is 0 Å². The maximum absolute atomic E-state index is 14.4. The molecule has 3 aromatic rings. The molecule has 7 saturated carbocycles. The lowest BCUT2D eigenvalue weighted by molar-refractivity contribution is -0.215. The monoisotopic (exact) mass is 585 g/mol. The number of anilines is 1. The van der Waals surface area contributed by atoms with Gasteiger partial charge in [0.15, 0.2) is 5.82 Å². The van der Waals surface area contributed by atoms with Crippen molar-refractivity contribution in [1.82, 2.24) is 20.1 Å². The topological polar surface area (TPSA) is 94.2 Å². The van der Waals surface area contributed by atoms with Crippen LogP contribution in [0.15, 0.2) is 41.2 Å². The molecule has 1 amide bonds. The normalized spacial score (nSPS) is 32.9. The van der Waals surface area contributed by atoms with Crippen molar-refractivity contribution in [2.75, 3.05) is 18.1 Å². The molecule has 0 unspecified atom stereocenters. The third-order valence-corrected chi connectivity index (χ3v) is 11.6. The molecule has 0 N–H and O–H groups in total. The molecule has 2 heterocycles. The lowest BCUT2D eigenvalue weighted by Gasteiger charge is -2.66. The number of hydrogen-bond donors (Lipinski definition) is 0. The lowest BCUT2D eigenvalue weighted by Crippen LogP contribution is -2.65. The summed E-state index contributed by atoms with van der Waals surface area (Å²) in [5.41, 5.74) is 1.65. The van der Waals surface area contributed by atoms with E-state index in [-0.39, 0.29) is 27.6 Å². The van der Waals surface area contributed by atoms with Crippen molar-refractivity contribution in [3.63, 3.8) is 0 Å². The van der Waals surface area contributed by atoms with Gasteiger partial charge in [0.1, 0.15) is 5.67 Å². The Morgan fingerprint density at radius 1 is 0.977 bits per heavy atom. The molecule has 7 aliphatic rings. The fraction of sp³-hybridized carbons (Fsp3) is 0.618. The first kappa shape index (κ1) is 27.2. The molecule has 7 fully saturated rings. The first-order valence-corrected chi connectivity index (χ1v) is 16.0. The van der Waals surface area contributed by atoms with Crippen LogP contribution in [0.1, 0.15) is 103 Å². The van der Waals surface area contributed by atoms with Crippen LogP contribution in [0, 0.1) is 10.8 Å². The summed E-state index contributed by atoms with van der Waals surface area (Å²) in [6.07, 6.45) is 13.9. The largest absolute Gasteiger partial charge is 0.464 e. The number of carbonyl (C=O) groups is 1. The van der Waals surface area contributed by atoms with E-state index in [4.69, 9.17) is 14.2 Å². The Labute approximate surface area is 251 Å². The summed E-state index contributed by atoms with van der Waals surface area (Å²) in [4.78, 5) is 29.7. The van der Waals surface area contributed by atoms with Gasteiger partial charge in [0, 0.05) is 47.4 Å². The average molecular weight is 586 g/mol. The quantitative estimate of drug-likeness (QED) is 0.256. The second-order valence-electron chi connectivity index (χ2n) is 14.8. The van der Waals surface area contributed by atoms with Crippen LogP contribution in [0.5, 0.6) is 6.01 Å². The highest BCUT2D eigenvalue weighted by molar-refractivity contribution is 5.95. The van der Waals surface area contributed by atoms with E-state index in [2.05, 4.69) is 28.1 Å². The van der Waals surface area contributed by atoms with Crippen LogP contribution in [0.25, 0.3) is 11.1 Å². The molecule has 226 valence electrons. The standard InChI is InChI=1S/C34H40FN5O3/c1-3-42-29-36-17-24(18-37-29)23-5-4-6-25(15-23)40(26(41)16-32-19-34(35,20-32)21-32)22-31-9-12-33(13-10-31,14-11-31)27-38-28(43-39-27)30(2)7-8-30/h4-6,15,17-18H,3,7-14,16,19-22H2,1-2H3. The van der Waals surface area contributed by atoms with Gasteiger partial charge < -0.3 is 14.2 Å². The fourth-order valence-corrected chi connectivity index (χ4v) is 8.57. The molecular formula is C34H40FN5O3. The Morgan fingerprint density at radius 3 is 2.30 bits per heavy atom. The molecule has 8 nitrogen and oxygen atoms in total. The van der Waals surface area contributed by atoms with Gasteiger partial charge in [-0.25, -0.2) is 14.4 Å². The number of rotatable bonds is 10. The number of ether oxygens (including phenoxy) is 1. The van der Waals surface area contributed by atoms with E-state index >= 15 is 0 Å². The molecule has 4 bridgehead atoms. The number of benzene rings is 1. The van der Waals surface area contributed by atoms with Crippen molar-refractivity contribution in [1.29, 1.82) is 0 Å². The number of alkyl halides is 1. The highest BCUT2D eigenvalue weighted by Crippen LogP contribution is 2.71. The zero-order valence-corrected chi connectivity index (χ0v) is 25.2. The van der Waals surface area contributed by atoms with Gasteiger partial charge in [-0.05, 0) is 106 Å². The minimum Gasteiger partial charge on any atom is -0.464 e. The number of fused-ring (bicyclic) bond motifs is 3. The van der Waals surface area contributed by atoms with Crippen LogP contribution in [0.2, 0.25) is 0 Å². The number of hydrogen-bond acceptors (Lipinski definition) is 7. The second kappa shape index (κ2) is 9.32. The highest BCUT2D eigenvalue weighted by Gasteiger charge is 2.69. The summed E-state index contributed by atoms with van der Waals surface area (Å²) >= 11 is 0. The van der Waals surface area contributed by atoms with E-state index in [1.807, 2.05) is 30.0 Å². The number of carbonyl (C=O) groups excluding carboxylic acids is 1. The van der Waals surface area contributed by atoms with Gasteiger partial charge >= 0.3 is 6.01 Å². The number of aromatic nitrogens is 4. The number of halogens is 1. The third-order valence-electron chi connectivity index (χ3n) is 11.6. The smallest absolute Gasteiger partial charge is 0.316 e. The number of nitrogens with zero attached hydrogens (tertiary/aromatic N) is 5. The number of amides is 1. The van der Waals surface area contributed by atoms with E-state index < -0.39 is 5.67 Å². The summed E-state index contributed by atoms with van der Waals surface area (Å²) in [7, 11) is 0. The zero-order valence-electron chi connectivity index (χ0n) is 25.2. The molecule has 0 aliphatic heterocycles. The van der Waals surface area contributed by atoms with Gasteiger partial charge in [0.05, 0.1) is 6.61 Å². The van der Waals surface area contributed by atoms with Crippen molar-refractivity contribution < 1.29 is 18.4 Å². The summed E-state index contributed by atoms with van der Waals surface area (Å²) in [6, 6.07) is 8.47. The molecule has 2 aromatic heterocycles. The third kappa shape index (κ3) is 4.56. The van der Waals surface area contributed by atoms with Crippen molar-refractivity contribution in [2.45, 2.75) is 107 Å². The molecule has 0 radical (unpaired) electrons. The molecular weight excluding hydrogens is 545 g/mol. The van der Waals surface area contributed by atoms with Gasteiger partial charge in [-0.1, -0.05) is 24.2 Å². The molecule has 0 saturated heterocycles.